The predicted octanol–water partition coefficient (Wildman–Crippen LogP) is 2.06. The second-order valence-electron chi connectivity index (χ2n) is 5.02. The number of rotatable bonds is 0. The van der Waals surface area contributed by atoms with Gasteiger partial charge in [0.25, 0.3) is 0 Å². The monoisotopic (exact) mass is 202 g/mol. The van der Waals surface area contributed by atoms with Crippen LogP contribution in [0.2, 0.25) is 0 Å². The van der Waals surface area contributed by atoms with E-state index in [0.717, 1.165) is 24.0 Å². The highest BCUT2D eigenvalue weighted by Gasteiger charge is 2.58. The Kier molecular flexibility index (Phi) is 1.51. The van der Waals surface area contributed by atoms with Crippen LogP contribution in [0.5, 0.6) is 0 Å². The van der Waals surface area contributed by atoms with E-state index in [4.69, 9.17) is 0 Å². The van der Waals surface area contributed by atoms with Crippen LogP contribution in [-0.2, 0) is 9.59 Å². The number of carbonyl (C=O) groups is 2. The number of hydrogen-bond donors (Lipinski definition) is 0. The van der Waals surface area contributed by atoms with Crippen LogP contribution in [0.25, 0.3) is 0 Å². The van der Waals surface area contributed by atoms with E-state index in [-0.39, 0.29) is 23.0 Å². The second kappa shape index (κ2) is 2.49. The predicted molar refractivity (Wildman–Crippen MR) is 56.2 cm³/mol. The first-order valence-electron chi connectivity index (χ1n) is 5.56. The molecule has 1 saturated carbocycles. The van der Waals surface area contributed by atoms with Crippen LogP contribution in [0.15, 0.2) is 23.3 Å². The molecule has 3 aliphatic carbocycles. The second-order valence-corrected chi connectivity index (χ2v) is 5.02. The molecule has 2 nitrogen and oxygen atoms in total. The van der Waals surface area contributed by atoms with Crippen molar-refractivity contribution in [2.45, 2.75) is 26.7 Å². The lowest BCUT2D eigenvalue weighted by molar-refractivity contribution is -0.128. The largest absolute Gasteiger partial charge is 0.298 e. The van der Waals surface area contributed by atoms with Crippen LogP contribution < -0.4 is 0 Å². The zero-order valence-electron chi connectivity index (χ0n) is 9.04. The highest BCUT2D eigenvalue weighted by atomic mass is 16.1. The summed E-state index contributed by atoms with van der Waals surface area (Å²) in [4.78, 5) is 23.9. The Balaban J connectivity index is 2.21. The zero-order chi connectivity index (χ0) is 10.8. The molecule has 0 heterocycles. The standard InChI is InChI=1S/C13H14O2/c1-7-9-3-4-10(14)11(9)8(2)13(5-6-13)12(7)15/h3-4,7,9H,5-6H2,1-2H3/t7-,9?/m1/s1. The van der Waals surface area contributed by atoms with Gasteiger partial charge in [-0.15, -0.1) is 0 Å². The highest BCUT2D eigenvalue weighted by Crippen LogP contribution is 2.60. The number of hydrogen-bond acceptors (Lipinski definition) is 2. The van der Waals surface area contributed by atoms with E-state index in [1.807, 2.05) is 19.9 Å². The van der Waals surface area contributed by atoms with Crippen molar-refractivity contribution in [1.82, 2.24) is 0 Å². The van der Waals surface area contributed by atoms with Crippen molar-refractivity contribution < 1.29 is 9.59 Å². The van der Waals surface area contributed by atoms with E-state index < -0.39 is 0 Å². The van der Waals surface area contributed by atoms with Gasteiger partial charge in [0.15, 0.2) is 5.78 Å². The van der Waals surface area contributed by atoms with Crippen LogP contribution in [0.1, 0.15) is 26.7 Å². The average Bonchev–Trinajstić information content (AvgIpc) is 2.93. The summed E-state index contributed by atoms with van der Waals surface area (Å²) in [6.07, 6.45) is 5.44. The maximum atomic E-state index is 12.2. The molecule has 0 aromatic carbocycles. The van der Waals surface area contributed by atoms with Crippen molar-refractivity contribution >= 4 is 11.6 Å². The van der Waals surface area contributed by atoms with Gasteiger partial charge in [-0.25, -0.2) is 0 Å². The van der Waals surface area contributed by atoms with Gasteiger partial charge in [-0.2, -0.15) is 0 Å². The summed E-state index contributed by atoms with van der Waals surface area (Å²) in [5, 5.41) is 0. The maximum absolute atomic E-state index is 12.2. The van der Waals surface area contributed by atoms with Gasteiger partial charge in [0.1, 0.15) is 5.78 Å². The number of allylic oxidation sites excluding steroid dienone is 4. The Morgan fingerprint density at radius 3 is 2.60 bits per heavy atom. The molecule has 0 aliphatic heterocycles. The number of carbonyl (C=O) groups excluding carboxylic acids is 2. The molecule has 0 radical (unpaired) electrons. The van der Waals surface area contributed by atoms with Crippen LogP contribution >= 0.6 is 0 Å². The van der Waals surface area contributed by atoms with Gasteiger partial charge in [-0.1, -0.05) is 18.6 Å². The van der Waals surface area contributed by atoms with Crippen molar-refractivity contribution in [2.75, 3.05) is 0 Å². The van der Waals surface area contributed by atoms with Gasteiger partial charge >= 0.3 is 0 Å². The number of ketones is 2. The van der Waals surface area contributed by atoms with Gasteiger partial charge in [0.05, 0.1) is 5.41 Å². The molecule has 15 heavy (non-hydrogen) atoms. The maximum Gasteiger partial charge on any atom is 0.182 e. The molecule has 1 fully saturated rings. The van der Waals surface area contributed by atoms with Gasteiger partial charge < -0.3 is 0 Å². The molecular weight excluding hydrogens is 188 g/mol. The molecule has 2 heteroatoms. The molecule has 0 N–H and O–H groups in total. The third kappa shape index (κ3) is 0.901. The minimum atomic E-state index is -0.229. The summed E-state index contributed by atoms with van der Waals surface area (Å²) in [5.41, 5.74) is 1.75. The molecule has 1 spiro atoms. The van der Waals surface area contributed by atoms with Crippen molar-refractivity contribution in [3.05, 3.63) is 23.3 Å². The van der Waals surface area contributed by atoms with Crippen molar-refractivity contribution in [3.63, 3.8) is 0 Å². The fourth-order valence-electron chi connectivity index (χ4n) is 3.18. The lowest BCUT2D eigenvalue weighted by Gasteiger charge is -2.32. The fraction of sp³-hybridized carbons (Fsp3) is 0.538. The minimum absolute atomic E-state index is 0.00565. The molecule has 0 amide bonds. The molecule has 0 aromatic rings. The van der Waals surface area contributed by atoms with Gasteiger partial charge in [-0.05, 0) is 25.8 Å². The lowest BCUT2D eigenvalue weighted by Crippen LogP contribution is -2.35. The quantitative estimate of drug-likeness (QED) is 0.602. The number of fused-ring (bicyclic) bond motifs is 1. The molecule has 3 rings (SSSR count). The molecule has 1 unspecified atom stereocenters. The first-order valence-corrected chi connectivity index (χ1v) is 5.56. The van der Waals surface area contributed by atoms with E-state index >= 15 is 0 Å². The summed E-state index contributed by atoms with van der Waals surface area (Å²) in [6.45, 7) is 3.94. The SMILES string of the molecule is CC1=C2C(=O)C=CC2[C@@H](C)C(=O)C12CC2. The summed E-state index contributed by atoms with van der Waals surface area (Å²) < 4.78 is 0. The Morgan fingerprint density at radius 2 is 2.00 bits per heavy atom. The van der Waals surface area contributed by atoms with Crippen LogP contribution in [0.3, 0.4) is 0 Å². The van der Waals surface area contributed by atoms with Gasteiger partial charge in [0.2, 0.25) is 0 Å². The van der Waals surface area contributed by atoms with Crippen molar-refractivity contribution in [2.24, 2.45) is 17.3 Å². The molecule has 78 valence electrons. The zero-order valence-corrected chi connectivity index (χ0v) is 9.04. The third-order valence-electron chi connectivity index (χ3n) is 4.35. The van der Waals surface area contributed by atoms with Gasteiger partial charge in [-0.3, -0.25) is 9.59 Å². The summed E-state index contributed by atoms with van der Waals surface area (Å²) in [7, 11) is 0. The number of Topliss-reactive ketones (excluding diaryl/α,β-unsaturated/α-hetero) is 1. The molecule has 0 aromatic heterocycles. The summed E-state index contributed by atoms with van der Waals surface area (Å²) in [6, 6.07) is 0. The molecule has 0 bridgehead atoms. The fourth-order valence-corrected chi connectivity index (χ4v) is 3.18. The van der Waals surface area contributed by atoms with Gasteiger partial charge in [0, 0.05) is 17.4 Å². The Bertz CT molecular complexity index is 435. The van der Waals surface area contributed by atoms with Crippen LogP contribution in [0, 0.1) is 17.3 Å². The third-order valence-corrected chi connectivity index (χ3v) is 4.35. The molecule has 3 aliphatic rings. The average molecular weight is 202 g/mol. The molecular formula is C13H14O2. The molecule has 2 atom stereocenters. The van der Waals surface area contributed by atoms with E-state index in [0.29, 0.717) is 5.78 Å². The topological polar surface area (TPSA) is 34.1 Å². The van der Waals surface area contributed by atoms with E-state index in [1.165, 1.54) is 0 Å². The lowest BCUT2D eigenvalue weighted by atomic mass is 9.69. The van der Waals surface area contributed by atoms with E-state index in [2.05, 4.69) is 0 Å². The van der Waals surface area contributed by atoms with E-state index in [1.54, 1.807) is 6.08 Å². The summed E-state index contributed by atoms with van der Waals surface area (Å²) in [5.74, 6) is 0.543. The smallest absolute Gasteiger partial charge is 0.182 e. The molecule has 0 saturated heterocycles. The Morgan fingerprint density at radius 1 is 1.33 bits per heavy atom. The first kappa shape index (κ1) is 9.08. The van der Waals surface area contributed by atoms with Crippen LogP contribution in [-0.4, -0.2) is 11.6 Å². The van der Waals surface area contributed by atoms with Crippen LogP contribution in [0.4, 0.5) is 0 Å². The highest BCUT2D eigenvalue weighted by molar-refractivity contribution is 6.11. The Hall–Kier alpha value is -1.18. The first-order chi connectivity index (χ1) is 7.08. The summed E-state index contributed by atoms with van der Waals surface area (Å²) >= 11 is 0. The van der Waals surface area contributed by atoms with E-state index in [9.17, 15) is 9.59 Å². The normalized spacial score (nSPS) is 36.4. The minimum Gasteiger partial charge on any atom is -0.298 e. The van der Waals surface area contributed by atoms with Crippen molar-refractivity contribution in [3.8, 4) is 0 Å². The van der Waals surface area contributed by atoms with Crippen molar-refractivity contribution in [1.29, 1.82) is 0 Å². The Labute approximate surface area is 89.0 Å².